The molecule has 0 spiro atoms. The number of nitrogens with one attached hydrogen (secondary N) is 1. The van der Waals surface area contributed by atoms with Gasteiger partial charge in [0.2, 0.25) is 0 Å². The lowest BCUT2D eigenvalue weighted by molar-refractivity contribution is 0.0516. The minimum atomic E-state index is -0.498. The van der Waals surface area contributed by atoms with Crippen LogP contribution >= 0.6 is 11.6 Å². The summed E-state index contributed by atoms with van der Waals surface area (Å²) in [6.45, 7) is 11.2. The highest BCUT2D eigenvalue weighted by Crippen LogP contribution is 2.37. The second kappa shape index (κ2) is 13.0. The van der Waals surface area contributed by atoms with Crippen molar-refractivity contribution in [3.63, 3.8) is 0 Å². The molecule has 2 saturated heterocycles. The molecule has 6 rings (SSSR count). The van der Waals surface area contributed by atoms with Crippen LogP contribution in [0, 0.1) is 5.92 Å². The number of hydrogen-bond donors (Lipinski definition) is 1. The van der Waals surface area contributed by atoms with Gasteiger partial charge in [0.1, 0.15) is 18.0 Å². The molecule has 9 nitrogen and oxygen atoms in total. The van der Waals surface area contributed by atoms with Gasteiger partial charge in [0.15, 0.2) is 0 Å². The number of halogens is 1. The number of amides is 1. The van der Waals surface area contributed by atoms with Gasteiger partial charge in [-0.3, -0.25) is 0 Å². The maximum atomic E-state index is 12.2. The van der Waals surface area contributed by atoms with Gasteiger partial charge >= 0.3 is 12.1 Å². The van der Waals surface area contributed by atoms with Crippen LogP contribution in [0.3, 0.4) is 0 Å². The van der Waals surface area contributed by atoms with Gasteiger partial charge in [0.25, 0.3) is 0 Å². The van der Waals surface area contributed by atoms with Gasteiger partial charge in [0.05, 0.1) is 17.3 Å². The van der Waals surface area contributed by atoms with E-state index in [1.165, 1.54) is 12.0 Å². The highest BCUT2D eigenvalue weighted by Gasteiger charge is 2.30. The monoisotopic (exact) mass is 620 g/mol. The van der Waals surface area contributed by atoms with Crippen LogP contribution in [0.4, 0.5) is 16.3 Å². The van der Waals surface area contributed by atoms with Crippen molar-refractivity contribution in [2.75, 3.05) is 56.2 Å². The Balaban J connectivity index is 1.21. The Morgan fingerprint density at radius 1 is 1.02 bits per heavy atom. The molecule has 2 fully saturated rings. The van der Waals surface area contributed by atoms with Crippen LogP contribution in [0.1, 0.15) is 57.7 Å². The first-order chi connectivity index (χ1) is 21.1. The quantitative estimate of drug-likeness (QED) is 0.341. The van der Waals surface area contributed by atoms with Crippen molar-refractivity contribution in [2.45, 2.75) is 71.1 Å². The lowest BCUT2D eigenvalue weighted by Crippen LogP contribution is -2.41. The average Bonchev–Trinajstić information content (AvgIpc) is 3.42. The molecule has 0 unspecified atom stereocenters. The highest BCUT2D eigenvalue weighted by molar-refractivity contribution is 6.36. The highest BCUT2D eigenvalue weighted by atomic mass is 35.5. The zero-order valence-electron chi connectivity index (χ0n) is 26.4. The zero-order chi connectivity index (χ0) is 30.8. The third kappa shape index (κ3) is 6.99. The summed E-state index contributed by atoms with van der Waals surface area (Å²) in [5.74, 6) is 1.40. The first-order valence-electron chi connectivity index (χ1n) is 16.0. The Bertz CT molecular complexity index is 1480. The molecule has 44 heavy (non-hydrogen) atoms. The second-order valence-corrected chi connectivity index (χ2v) is 13.8. The summed E-state index contributed by atoms with van der Waals surface area (Å²) in [7, 11) is 2.16. The number of likely N-dealkylation sites (tertiary alicyclic amines) is 1. The standard InChI is InChI=1S/C34H45ClN6O3/c1-34(2,3)44-33(42)36-20-23-13-17-40(18-14-23)31-26-15-19-41(29-12-6-9-24-8-5-11-27(35)30(24)29)21-28(26)37-32(38-31)43-22-25-10-7-16-39(25)4/h5-6,8-9,11-12,23,25H,7,10,13-22H2,1-4H3,(H,36,42)/t25-/m0/s1. The van der Waals surface area contributed by atoms with Crippen LogP contribution in [0.25, 0.3) is 10.8 Å². The van der Waals surface area contributed by atoms with E-state index >= 15 is 0 Å². The summed E-state index contributed by atoms with van der Waals surface area (Å²) in [4.78, 5) is 29.4. The number of nitrogens with zero attached hydrogens (tertiary/aromatic N) is 5. The molecular formula is C34H45ClN6O3. The fourth-order valence-electron chi connectivity index (χ4n) is 6.71. The number of benzene rings is 2. The molecule has 10 heteroatoms. The summed E-state index contributed by atoms with van der Waals surface area (Å²) in [5, 5.41) is 5.94. The predicted octanol–water partition coefficient (Wildman–Crippen LogP) is 6.06. The predicted molar refractivity (Wildman–Crippen MR) is 176 cm³/mol. The fraction of sp³-hybridized carbons (Fsp3) is 0.559. The number of piperidine rings is 1. The molecule has 3 aliphatic rings. The van der Waals surface area contributed by atoms with Crippen LogP contribution in [-0.2, 0) is 17.7 Å². The number of ether oxygens (including phenoxy) is 2. The minimum absolute atomic E-state index is 0.350. The molecule has 1 amide bonds. The van der Waals surface area contributed by atoms with Gasteiger partial charge in [-0.05, 0) is 89.9 Å². The van der Waals surface area contributed by atoms with E-state index in [1.807, 2.05) is 32.9 Å². The smallest absolute Gasteiger partial charge is 0.407 e. The van der Waals surface area contributed by atoms with Gasteiger partial charge in [0, 0.05) is 48.9 Å². The van der Waals surface area contributed by atoms with E-state index in [-0.39, 0.29) is 6.09 Å². The number of anilines is 2. The summed E-state index contributed by atoms with van der Waals surface area (Å²) in [6, 6.07) is 13.3. The molecule has 236 valence electrons. The van der Waals surface area contributed by atoms with E-state index in [2.05, 4.69) is 51.3 Å². The number of aromatic nitrogens is 2. The van der Waals surface area contributed by atoms with E-state index in [9.17, 15) is 4.79 Å². The number of carbonyl (C=O) groups is 1. The molecule has 3 aliphatic heterocycles. The molecule has 0 bridgehead atoms. The number of likely N-dealkylation sites (N-methyl/N-ethyl adjacent to an activating group) is 1. The van der Waals surface area contributed by atoms with Crippen molar-refractivity contribution in [2.24, 2.45) is 5.92 Å². The molecule has 0 radical (unpaired) electrons. The van der Waals surface area contributed by atoms with Gasteiger partial charge in [-0.2, -0.15) is 9.97 Å². The molecule has 0 saturated carbocycles. The van der Waals surface area contributed by atoms with Gasteiger partial charge < -0.3 is 29.5 Å². The van der Waals surface area contributed by atoms with Crippen molar-refractivity contribution in [1.82, 2.24) is 20.2 Å². The Kier molecular flexibility index (Phi) is 9.06. The number of alkyl carbamates (subject to hydrolysis) is 1. The topological polar surface area (TPSA) is 83.1 Å². The van der Waals surface area contributed by atoms with Crippen LogP contribution in [-0.4, -0.2) is 79.0 Å². The van der Waals surface area contributed by atoms with Crippen LogP contribution < -0.4 is 19.9 Å². The van der Waals surface area contributed by atoms with Crippen molar-refractivity contribution in [1.29, 1.82) is 0 Å². The van der Waals surface area contributed by atoms with Crippen molar-refractivity contribution in [3.05, 3.63) is 52.7 Å². The van der Waals surface area contributed by atoms with Gasteiger partial charge in [-0.1, -0.05) is 35.9 Å². The molecule has 1 aromatic heterocycles. The summed E-state index contributed by atoms with van der Waals surface area (Å²) < 4.78 is 11.7. The first kappa shape index (κ1) is 30.7. The lowest BCUT2D eigenvalue weighted by Gasteiger charge is -2.37. The number of fused-ring (bicyclic) bond motifs is 2. The minimum Gasteiger partial charge on any atom is -0.462 e. The van der Waals surface area contributed by atoms with E-state index in [0.717, 1.165) is 84.9 Å². The molecular weight excluding hydrogens is 576 g/mol. The maximum Gasteiger partial charge on any atom is 0.407 e. The lowest BCUT2D eigenvalue weighted by atomic mass is 9.95. The molecule has 1 N–H and O–H groups in total. The third-order valence-electron chi connectivity index (χ3n) is 9.12. The van der Waals surface area contributed by atoms with Crippen LogP contribution in [0.15, 0.2) is 36.4 Å². The Hall–Kier alpha value is -3.30. The SMILES string of the molecule is CN1CCC[C@H]1COc1nc2c(c(N3CCC(CNC(=O)OC(C)(C)C)CC3)n1)CCN(c1cccc3cccc(Cl)c13)C2. The Labute approximate surface area is 265 Å². The van der Waals surface area contributed by atoms with E-state index in [4.69, 9.17) is 31.0 Å². The number of carbonyl (C=O) groups excluding carboxylic acids is 1. The third-order valence-corrected chi connectivity index (χ3v) is 9.43. The average molecular weight is 621 g/mol. The molecule has 3 aromatic rings. The van der Waals surface area contributed by atoms with Gasteiger partial charge in [-0.25, -0.2) is 4.79 Å². The van der Waals surface area contributed by atoms with E-state index in [0.29, 0.717) is 37.7 Å². The molecule has 4 heterocycles. The van der Waals surface area contributed by atoms with Gasteiger partial charge in [-0.15, -0.1) is 0 Å². The number of rotatable bonds is 7. The van der Waals surface area contributed by atoms with E-state index < -0.39 is 5.60 Å². The normalized spacial score (nSPS) is 19.7. The molecule has 2 aromatic carbocycles. The second-order valence-electron chi connectivity index (χ2n) is 13.4. The van der Waals surface area contributed by atoms with E-state index in [1.54, 1.807) is 0 Å². The largest absolute Gasteiger partial charge is 0.462 e. The Morgan fingerprint density at radius 3 is 2.52 bits per heavy atom. The van der Waals surface area contributed by atoms with Crippen LogP contribution in [0.5, 0.6) is 6.01 Å². The molecule has 0 aliphatic carbocycles. The molecule has 1 atom stereocenters. The zero-order valence-corrected chi connectivity index (χ0v) is 27.2. The fourth-order valence-corrected chi connectivity index (χ4v) is 6.99. The van der Waals surface area contributed by atoms with Crippen LogP contribution in [0.2, 0.25) is 5.02 Å². The summed E-state index contributed by atoms with van der Waals surface area (Å²) in [5.41, 5.74) is 2.87. The first-order valence-corrected chi connectivity index (χ1v) is 16.4. The summed E-state index contributed by atoms with van der Waals surface area (Å²) in [6.07, 6.45) is 4.76. The maximum absolute atomic E-state index is 12.2. The van der Waals surface area contributed by atoms with Crippen molar-refractivity contribution >= 4 is 40.0 Å². The summed E-state index contributed by atoms with van der Waals surface area (Å²) >= 11 is 6.72. The Morgan fingerprint density at radius 2 is 1.80 bits per heavy atom. The van der Waals surface area contributed by atoms with Crippen molar-refractivity contribution in [3.8, 4) is 6.01 Å². The van der Waals surface area contributed by atoms with Crippen molar-refractivity contribution < 1.29 is 14.3 Å². The number of hydrogen-bond acceptors (Lipinski definition) is 8.